The highest BCUT2D eigenvalue weighted by molar-refractivity contribution is 5.91. The van der Waals surface area contributed by atoms with Crippen molar-refractivity contribution < 1.29 is 49.3 Å². The van der Waals surface area contributed by atoms with Gasteiger partial charge in [-0.25, -0.2) is 9.59 Å². The molecule has 1 aromatic carbocycles. The lowest BCUT2D eigenvalue weighted by atomic mass is 9.75. The van der Waals surface area contributed by atoms with Crippen molar-refractivity contribution in [1.29, 1.82) is 0 Å². The quantitative estimate of drug-likeness (QED) is 0.220. The van der Waals surface area contributed by atoms with Crippen molar-refractivity contribution in [2.24, 2.45) is 11.8 Å². The van der Waals surface area contributed by atoms with Crippen LogP contribution in [0.1, 0.15) is 23.7 Å². The van der Waals surface area contributed by atoms with Gasteiger partial charge in [-0.15, -0.1) is 6.58 Å². The van der Waals surface area contributed by atoms with Gasteiger partial charge >= 0.3 is 11.9 Å². The number of fused-ring (bicyclic) bond motifs is 6. The van der Waals surface area contributed by atoms with Crippen LogP contribution in [0.4, 0.5) is 0 Å². The summed E-state index contributed by atoms with van der Waals surface area (Å²) < 4.78 is 16.6. The van der Waals surface area contributed by atoms with Crippen LogP contribution >= 0.6 is 0 Å². The lowest BCUT2D eigenvalue weighted by Gasteiger charge is -2.47. The number of nitrogens with one attached hydrogen (secondary N) is 1. The molecule has 6 N–H and O–H groups in total. The summed E-state index contributed by atoms with van der Waals surface area (Å²) in [5.41, 5.74) is 2.88. The van der Waals surface area contributed by atoms with E-state index >= 15 is 0 Å². The number of aromatic nitrogens is 1. The minimum atomic E-state index is -1.58. The summed E-state index contributed by atoms with van der Waals surface area (Å²) in [4.78, 5) is 30.1. The third kappa shape index (κ3) is 4.10. The SMILES string of the molecule is C=C[C@H]1COC(=O)C2=CN3[C@H](C(=O)O)Cc4c([nH]c5ccc(O[C@@H]6O[C@H](CO)[C@@H](O)[C@H](O)[C@H]6O)cc45)[C@@H]3C[C@H]21. The molecule has 0 unspecified atom stereocenters. The molecule has 12 heteroatoms. The van der Waals surface area contributed by atoms with E-state index in [2.05, 4.69) is 11.6 Å². The summed E-state index contributed by atoms with van der Waals surface area (Å²) in [6.07, 6.45) is -3.02. The van der Waals surface area contributed by atoms with Crippen LogP contribution in [0.5, 0.6) is 5.75 Å². The average molecular weight is 543 g/mol. The fourth-order valence-corrected chi connectivity index (χ4v) is 6.26. The number of cyclic esters (lactones) is 1. The van der Waals surface area contributed by atoms with E-state index in [1.54, 1.807) is 35.4 Å². The number of esters is 1. The van der Waals surface area contributed by atoms with E-state index in [0.717, 1.165) is 22.2 Å². The molecule has 9 atom stereocenters. The lowest BCUT2D eigenvalue weighted by molar-refractivity contribution is -0.277. The number of carboxylic acids is 1. The molecule has 4 aliphatic rings. The molecule has 12 nitrogen and oxygen atoms in total. The first-order chi connectivity index (χ1) is 18.7. The number of carbonyl (C=O) groups excluding carboxylic acids is 1. The summed E-state index contributed by atoms with van der Waals surface area (Å²) in [5, 5.41) is 50.8. The van der Waals surface area contributed by atoms with Crippen LogP contribution in [-0.2, 0) is 25.5 Å². The molecule has 0 spiro atoms. The summed E-state index contributed by atoms with van der Waals surface area (Å²) in [6, 6.07) is 3.87. The number of aliphatic hydroxyl groups excluding tert-OH is 4. The number of H-pyrrole nitrogens is 1. The van der Waals surface area contributed by atoms with Crippen LogP contribution in [0.3, 0.4) is 0 Å². The number of nitrogens with zero attached hydrogens (tertiary/aromatic N) is 1. The average Bonchev–Trinajstić information content (AvgIpc) is 3.30. The molecular weight excluding hydrogens is 512 g/mol. The van der Waals surface area contributed by atoms with Crippen molar-refractivity contribution >= 4 is 22.8 Å². The number of aliphatic carboxylic acids is 1. The number of carboxylic acid groups (broad SMARTS) is 1. The predicted octanol–water partition coefficient (Wildman–Crippen LogP) is -0.0382. The van der Waals surface area contributed by atoms with Gasteiger partial charge in [0.15, 0.2) is 0 Å². The zero-order chi connectivity index (χ0) is 27.6. The first kappa shape index (κ1) is 25.8. The summed E-state index contributed by atoms with van der Waals surface area (Å²) in [6.45, 7) is 3.54. The van der Waals surface area contributed by atoms with Gasteiger partial charge in [-0.2, -0.15) is 0 Å². The third-order valence-corrected chi connectivity index (χ3v) is 8.37. The van der Waals surface area contributed by atoms with Crippen LogP contribution in [0.2, 0.25) is 0 Å². The summed E-state index contributed by atoms with van der Waals surface area (Å²) >= 11 is 0. The molecule has 0 radical (unpaired) electrons. The standard InChI is InChI=1S/C27H30N2O10/c1-2-11-10-37-26(36)16-8-29-18(6-13(11)16)21-15(7-19(29)25(34)35)14-5-12(3-4-17(14)28-21)38-27-24(33)23(32)22(31)20(9-30)39-27/h2-5,8,11,13,18-20,22-24,27-28,30-33H,1,6-7,9-10H2,(H,34,35)/t11-,13-,18-,19-,20+,22+,23-,24+,27+/m0/s1. The van der Waals surface area contributed by atoms with Gasteiger partial charge in [-0.05, 0) is 30.2 Å². The van der Waals surface area contributed by atoms with Gasteiger partial charge in [0.05, 0.1) is 24.8 Å². The van der Waals surface area contributed by atoms with Gasteiger partial charge in [0, 0.05) is 41.1 Å². The van der Waals surface area contributed by atoms with Crippen molar-refractivity contribution in [3.8, 4) is 5.75 Å². The molecule has 39 heavy (non-hydrogen) atoms. The van der Waals surface area contributed by atoms with E-state index in [1.807, 2.05) is 0 Å². The van der Waals surface area contributed by atoms with Gasteiger partial charge in [-0.3, -0.25) is 0 Å². The Hall–Kier alpha value is -3.42. The second kappa shape index (κ2) is 9.65. The Labute approximate surface area is 222 Å². The smallest absolute Gasteiger partial charge is 0.335 e. The Morgan fingerprint density at radius 1 is 1.23 bits per heavy atom. The molecule has 0 aliphatic carbocycles. The number of hydrogen-bond donors (Lipinski definition) is 6. The Bertz CT molecular complexity index is 1350. The van der Waals surface area contributed by atoms with E-state index in [4.69, 9.17) is 14.2 Å². The van der Waals surface area contributed by atoms with Crippen molar-refractivity contribution in [3.63, 3.8) is 0 Å². The predicted molar refractivity (Wildman–Crippen MR) is 133 cm³/mol. The minimum Gasteiger partial charge on any atom is -0.480 e. The normalized spacial score (nSPS) is 35.8. The maximum absolute atomic E-state index is 12.5. The van der Waals surface area contributed by atoms with Crippen molar-refractivity contribution in [1.82, 2.24) is 9.88 Å². The topological polar surface area (TPSA) is 182 Å². The zero-order valence-electron chi connectivity index (χ0n) is 20.8. The molecule has 1 aromatic heterocycles. The largest absolute Gasteiger partial charge is 0.480 e. The molecule has 2 fully saturated rings. The van der Waals surface area contributed by atoms with E-state index in [0.29, 0.717) is 12.0 Å². The van der Waals surface area contributed by atoms with Gasteiger partial charge in [-0.1, -0.05) is 6.08 Å². The first-order valence-electron chi connectivity index (χ1n) is 12.8. The second-order valence-corrected chi connectivity index (χ2v) is 10.5. The highest BCUT2D eigenvalue weighted by Gasteiger charge is 2.48. The van der Waals surface area contributed by atoms with Crippen molar-refractivity contribution in [3.05, 3.63) is 53.9 Å². The highest BCUT2D eigenvalue weighted by Crippen LogP contribution is 2.48. The fourth-order valence-electron chi connectivity index (χ4n) is 6.26. The molecule has 208 valence electrons. The summed E-state index contributed by atoms with van der Waals surface area (Å²) in [7, 11) is 0. The molecule has 2 saturated heterocycles. The van der Waals surface area contributed by atoms with Crippen LogP contribution in [0.25, 0.3) is 10.9 Å². The number of rotatable bonds is 5. The van der Waals surface area contributed by atoms with Crippen molar-refractivity contribution in [2.45, 2.75) is 55.6 Å². The van der Waals surface area contributed by atoms with Gasteiger partial charge in [0.1, 0.15) is 36.2 Å². The summed E-state index contributed by atoms with van der Waals surface area (Å²) in [5.74, 6) is -1.39. The zero-order valence-corrected chi connectivity index (χ0v) is 20.8. The van der Waals surface area contributed by atoms with Crippen LogP contribution in [0.15, 0.2) is 42.6 Å². The fraction of sp³-hybridized carbons (Fsp3) is 0.481. The Balaban J connectivity index is 1.36. The van der Waals surface area contributed by atoms with E-state index in [-0.39, 0.29) is 36.7 Å². The Morgan fingerprint density at radius 2 is 2.03 bits per heavy atom. The number of ether oxygens (including phenoxy) is 3. The van der Waals surface area contributed by atoms with E-state index in [1.165, 1.54) is 0 Å². The maximum Gasteiger partial charge on any atom is 0.335 e. The number of hydrogen-bond acceptors (Lipinski definition) is 10. The molecule has 0 amide bonds. The number of aliphatic hydroxyl groups is 4. The van der Waals surface area contributed by atoms with Gasteiger partial charge < -0.3 is 49.6 Å². The molecule has 4 aliphatic heterocycles. The van der Waals surface area contributed by atoms with Crippen LogP contribution < -0.4 is 4.74 Å². The minimum absolute atomic E-state index is 0.0762. The van der Waals surface area contributed by atoms with Crippen molar-refractivity contribution in [2.75, 3.05) is 13.2 Å². The number of carbonyl (C=O) groups is 2. The highest BCUT2D eigenvalue weighted by atomic mass is 16.7. The van der Waals surface area contributed by atoms with Crippen LogP contribution in [-0.4, -0.2) is 97.3 Å². The first-order valence-corrected chi connectivity index (χ1v) is 12.8. The molecule has 2 aromatic rings. The lowest BCUT2D eigenvalue weighted by Crippen LogP contribution is -2.60. The number of benzene rings is 1. The van der Waals surface area contributed by atoms with E-state index in [9.17, 15) is 35.1 Å². The van der Waals surface area contributed by atoms with Crippen LogP contribution in [0, 0.1) is 11.8 Å². The van der Waals surface area contributed by atoms with Gasteiger partial charge in [0.2, 0.25) is 6.29 Å². The van der Waals surface area contributed by atoms with Gasteiger partial charge in [0.25, 0.3) is 0 Å². The Morgan fingerprint density at radius 3 is 2.74 bits per heavy atom. The Kier molecular flexibility index (Phi) is 6.39. The van der Waals surface area contributed by atoms with E-state index < -0.39 is 55.3 Å². The number of aromatic amines is 1. The molecule has 5 heterocycles. The third-order valence-electron chi connectivity index (χ3n) is 8.37. The molecule has 0 saturated carbocycles. The maximum atomic E-state index is 12.5. The molecular formula is C27H30N2O10. The monoisotopic (exact) mass is 542 g/mol. The molecule has 0 bridgehead atoms. The molecule has 6 rings (SSSR count). The second-order valence-electron chi connectivity index (χ2n) is 10.5.